The van der Waals surface area contributed by atoms with Gasteiger partial charge in [-0.15, -0.1) is 0 Å². The van der Waals surface area contributed by atoms with Crippen LogP contribution in [0.15, 0.2) is 12.2 Å². The first-order valence-electron chi connectivity index (χ1n) is 25.4. The summed E-state index contributed by atoms with van der Waals surface area (Å²) < 4.78 is 5.47. The molecule has 0 radical (unpaired) electrons. The third kappa shape index (κ3) is 44.0. The van der Waals surface area contributed by atoms with Crippen LogP contribution in [0.4, 0.5) is 0 Å². The minimum Gasteiger partial charge on any atom is -0.466 e. The third-order valence-corrected chi connectivity index (χ3v) is 11.8. The van der Waals surface area contributed by atoms with E-state index in [0.29, 0.717) is 25.9 Å². The highest BCUT2D eigenvalue weighted by Crippen LogP contribution is 2.16. The second kappa shape index (κ2) is 47.3. The predicted molar refractivity (Wildman–Crippen MR) is 246 cm³/mol. The number of rotatable bonds is 47. The second-order valence-corrected chi connectivity index (χ2v) is 17.5. The van der Waals surface area contributed by atoms with E-state index in [9.17, 15) is 19.8 Å². The summed E-state index contributed by atoms with van der Waals surface area (Å²) in [5.74, 6) is -0.0535. The Balaban J connectivity index is 3.40. The zero-order valence-corrected chi connectivity index (χ0v) is 38.3. The predicted octanol–water partition coefficient (Wildman–Crippen LogP) is 15.0. The molecule has 338 valence electrons. The molecule has 3 N–H and O–H groups in total. The maximum absolute atomic E-state index is 12.4. The molecular weight excluding hydrogens is 707 g/mol. The number of hydrogen-bond donors (Lipinski definition) is 3. The topological polar surface area (TPSA) is 95.9 Å². The van der Waals surface area contributed by atoms with Gasteiger partial charge in [0, 0.05) is 12.8 Å². The molecule has 0 heterocycles. The Labute approximate surface area is 355 Å². The number of carbonyl (C=O) groups excluding carboxylic acids is 2. The SMILES string of the molecule is CCCCCCCC/C=C\CCCCCCCCCC(=O)OCCCCCCCCCCCCCCCCC(=O)NC(CO)C(O)CCCCCCCCCCC. The summed E-state index contributed by atoms with van der Waals surface area (Å²) >= 11 is 0. The number of amides is 1. The van der Waals surface area contributed by atoms with Crippen LogP contribution in [0.1, 0.15) is 277 Å². The molecule has 2 unspecified atom stereocenters. The van der Waals surface area contributed by atoms with Crippen LogP contribution in [0.3, 0.4) is 0 Å². The molecule has 0 aliphatic rings. The Hall–Kier alpha value is -1.40. The molecule has 0 aromatic carbocycles. The number of esters is 1. The van der Waals surface area contributed by atoms with Gasteiger partial charge < -0.3 is 20.3 Å². The minimum absolute atomic E-state index is 0.00572. The third-order valence-electron chi connectivity index (χ3n) is 11.8. The largest absolute Gasteiger partial charge is 0.466 e. The number of ether oxygens (including phenoxy) is 1. The van der Waals surface area contributed by atoms with Crippen LogP contribution in [-0.2, 0) is 14.3 Å². The number of nitrogens with one attached hydrogen (secondary N) is 1. The maximum Gasteiger partial charge on any atom is 0.305 e. The van der Waals surface area contributed by atoms with E-state index in [1.807, 2.05) is 0 Å². The minimum atomic E-state index is -0.668. The van der Waals surface area contributed by atoms with Crippen molar-refractivity contribution in [2.75, 3.05) is 13.2 Å². The highest BCUT2D eigenvalue weighted by molar-refractivity contribution is 5.76. The fourth-order valence-corrected chi connectivity index (χ4v) is 7.87. The summed E-state index contributed by atoms with van der Waals surface area (Å²) in [6.45, 7) is 4.90. The van der Waals surface area contributed by atoms with Gasteiger partial charge >= 0.3 is 5.97 Å². The van der Waals surface area contributed by atoms with Gasteiger partial charge in [-0.3, -0.25) is 9.59 Å². The molecule has 0 aromatic heterocycles. The van der Waals surface area contributed by atoms with Gasteiger partial charge in [-0.25, -0.2) is 0 Å². The van der Waals surface area contributed by atoms with Gasteiger partial charge in [-0.05, 0) is 51.4 Å². The van der Waals surface area contributed by atoms with Crippen molar-refractivity contribution in [2.45, 2.75) is 289 Å². The molecule has 0 rings (SSSR count). The number of aliphatic hydroxyl groups is 2. The van der Waals surface area contributed by atoms with Crippen LogP contribution in [-0.4, -0.2) is 47.4 Å². The number of hydrogen-bond acceptors (Lipinski definition) is 5. The lowest BCUT2D eigenvalue weighted by atomic mass is 10.0. The first-order valence-corrected chi connectivity index (χ1v) is 25.4. The van der Waals surface area contributed by atoms with Gasteiger partial charge in [-0.2, -0.15) is 0 Å². The summed E-state index contributed by atoms with van der Waals surface area (Å²) in [6, 6.07) is -0.546. The molecule has 0 saturated heterocycles. The van der Waals surface area contributed by atoms with Crippen molar-refractivity contribution in [1.29, 1.82) is 0 Å². The van der Waals surface area contributed by atoms with Crippen LogP contribution in [0.2, 0.25) is 0 Å². The standard InChI is InChI=1S/C51H99NO5/c1-3-5-7-9-11-13-14-15-16-17-18-22-25-29-33-37-41-45-51(56)57-46-42-38-34-30-26-23-20-19-21-24-28-32-36-40-44-50(55)52-48(47-53)49(54)43-39-35-31-27-12-10-8-6-4-2/h15-16,48-49,53-54H,3-14,17-47H2,1-2H3,(H,52,55)/b16-15-. The van der Waals surface area contributed by atoms with Crippen LogP contribution in [0.5, 0.6) is 0 Å². The normalized spacial score (nSPS) is 12.7. The maximum atomic E-state index is 12.4. The van der Waals surface area contributed by atoms with Crippen molar-refractivity contribution >= 4 is 11.9 Å². The van der Waals surface area contributed by atoms with E-state index in [0.717, 1.165) is 51.4 Å². The summed E-state index contributed by atoms with van der Waals surface area (Å²) in [4.78, 5) is 24.4. The zero-order valence-electron chi connectivity index (χ0n) is 38.3. The van der Waals surface area contributed by atoms with Crippen LogP contribution in [0, 0.1) is 0 Å². The summed E-state index contributed by atoms with van der Waals surface area (Å²) in [6.07, 6.45) is 53.3. The van der Waals surface area contributed by atoms with Gasteiger partial charge in [0.1, 0.15) is 0 Å². The Morgan fingerprint density at radius 2 is 0.825 bits per heavy atom. The zero-order chi connectivity index (χ0) is 41.5. The van der Waals surface area contributed by atoms with Crippen molar-refractivity contribution in [1.82, 2.24) is 5.32 Å². The van der Waals surface area contributed by atoms with E-state index in [2.05, 4.69) is 31.3 Å². The summed E-state index contributed by atoms with van der Waals surface area (Å²) in [5, 5.41) is 23.0. The van der Waals surface area contributed by atoms with Crippen LogP contribution in [0.25, 0.3) is 0 Å². The van der Waals surface area contributed by atoms with Crippen molar-refractivity contribution in [3.8, 4) is 0 Å². The fourth-order valence-electron chi connectivity index (χ4n) is 7.87. The van der Waals surface area contributed by atoms with E-state index in [4.69, 9.17) is 4.74 Å². The molecule has 0 aromatic rings. The molecule has 0 bridgehead atoms. The van der Waals surface area contributed by atoms with Gasteiger partial charge in [0.2, 0.25) is 5.91 Å². The molecular formula is C51H99NO5. The van der Waals surface area contributed by atoms with E-state index < -0.39 is 12.1 Å². The van der Waals surface area contributed by atoms with Crippen LogP contribution >= 0.6 is 0 Å². The molecule has 1 amide bonds. The molecule has 57 heavy (non-hydrogen) atoms. The molecule has 6 heteroatoms. The lowest BCUT2D eigenvalue weighted by Crippen LogP contribution is -2.45. The molecule has 2 atom stereocenters. The number of carbonyl (C=O) groups is 2. The summed E-state index contributed by atoms with van der Waals surface area (Å²) in [7, 11) is 0. The number of aliphatic hydroxyl groups excluding tert-OH is 2. The monoisotopic (exact) mass is 806 g/mol. The van der Waals surface area contributed by atoms with E-state index in [1.165, 1.54) is 193 Å². The lowest BCUT2D eigenvalue weighted by Gasteiger charge is -2.22. The highest BCUT2D eigenvalue weighted by atomic mass is 16.5. The average Bonchev–Trinajstić information content (AvgIpc) is 3.21. The van der Waals surface area contributed by atoms with Crippen molar-refractivity contribution in [2.24, 2.45) is 0 Å². The van der Waals surface area contributed by atoms with Gasteiger partial charge in [0.15, 0.2) is 0 Å². The smallest absolute Gasteiger partial charge is 0.305 e. The quantitative estimate of drug-likeness (QED) is 0.0323. The molecule has 0 spiro atoms. The number of allylic oxidation sites excluding steroid dienone is 2. The van der Waals surface area contributed by atoms with Gasteiger partial charge in [0.25, 0.3) is 0 Å². The summed E-state index contributed by atoms with van der Waals surface area (Å²) in [5.41, 5.74) is 0. The number of unbranched alkanes of at least 4 members (excludes halogenated alkanes) is 34. The Bertz CT molecular complexity index is 847. The van der Waals surface area contributed by atoms with E-state index >= 15 is 0 Å². The Morgan fingerprint density at radius 3 is 1.25 bits per heavy atom. The molecule has 6 nitrogen and oxygen atoms in total. The van der Waals surface area contributed by atoms with Gasteiger partial charge in [-0.1, -0.05) is 225 Å². The van der Waals surface area contributed by atoms with Crippen molar-refractivity contribution in [3.63, 3.8) is 0 Å². The molecule has 0 saturated carbocycles. The molecule has 0 fully saturated rings. The first-order chi connectivity index (χ1) is 28.0. The van der Waals surface area contributed by atoms with Crippen molar-refractivity contribution in [3.05, 3.63) is 12.2 Å². The second-order valence-electron chi connectivity index (χ2n) is 17.5. The Kier molecular flexibility index (Phi) is 46.1. The Morgan fingerprint density at radius 1 is 0.474 bits per heavy atom. The van der Waals surface area contributed by atoms with E-state index in [1.54, 1.807) is 0 Å². The molecule has 0 aliphatic heterocycles. The highest BCUT2D eigenvalue weighted by Gasteiger charge is 2.20. The van der Waals surface area contributed by atoms with Crippen molar-refractivity contribution < 1.29 is 24.5 Å². The fraction of sp³-hybridized carbons (Fsp3) is 0.922. The average molecular weight is 806 g/mol. The van der Waals surface area contributed by atoms with Crippen LogP contribution < -0.4 is 5.32 Å². The molecule has 0 aliphatic carbocycles. The van der Waals surface area contributed by atoms with E-state index in [-0.39, 0.29) is 18.5 Å². The first kappa shape index (κ1) is 55.6. The lowest BCUT2D eigenvalue weighted by molar-refractivity contribution is -0.143. The van der Waals surface area contributed by atoms with Gasteiger partial charge in [0.05, 0.1) is 25.4 Å².